The van der Waals surface area contributed by atoms with E-state index in [1.807, 2.05) is 6.08 Å². The highest BCUT2D eigenvalue weighted by atomic mass is 16.7. The summed E-state index contributed by atoms with van der Waals surface area (Å²) in [6.07, 6.45) is -6.40. The summed E-state index contributed by atoms with van der Waals surface area (Å²) >= 11 is 0. The van der Waals surface area contributed by atoms with Gasteiger partial charge in [0.15, 0.2) is 6.29 Å². The van der Waals surface area contributed by atoms with Crippen molar-refractivity contribution in [2.75, 3.05) is 39.9 Å². The lowest BCUT2D eigenvalue weighted by Gasteiger charge is -2.48. The molecule has 0 aromatic rings. The number of nitrogens with one attached hydrogen (secondary N) is 3. The molecular formula is C25H48N6O10. The number of hydrogen-bond donors (Lipinski definition) is 11. The van der Waals surface area contributed by atoms with E-state index in [1.165, 1.54) is 6.92 Å². The van der Waals surface area contributed by atoms with Crippen LogP contribution in [-0.4, -0.2) is 144 Å². The molecule has 12 atom stereocenters. The number of carbonyl (C=O) groups is 1. The Balaban J connectivity index is 1.79. The van der Waals surface area contributed by atoms with E-state index in [-0.39, 0.29) is 32.6 Å². The van der Waals surface area contributed by atoms with E-state index in [0.29, 0.717) is 25.3 Å². The van der Waals surface area contributed by atoms with Crippen molar-refractivity contribution in [2.45, 2.75) is 99.1 Å². The molecule has 0 radical (unpaired) electrons. The van der Waals surface area contributed by atoms with Gasteiger partial charge in [0, 0.05) is 12.6 Å². The molecule has 16 heteroatoms. The average Bonchev–Trinajstić information content (AvgIpc) is 2.91. The van der Waals surface area contributed by atoms with Gasteiger partial charge < -0.3 is 77.6 Å². The average molecular weight is 593 g/mol. The molecule has 1 saturated heterocycles. The Morgan fingerprint density at radius 3 is 2.56 bits per heavy atom. The van der Waals surface area contributed by atoms with Crippen molar-refractivity contribution in [1.82, 2.24) is 16.0 Å². The topological polar surface area (TPSA) is 269 Å². The van der Waals surface area contributed by atoms with Crippen molar-refractivity contribution in [1.29, 1.82) is 0 Å². The van der Waals surface area contributed by atoms with Crippen LogP contribution < -0.4 is 33.2 Å². The molecule has 1 saturated carbocycles. The molecule has 2 fully saturated rings. The van der Waals surface area contributed by atoms with E-state index in [0.717, 1.165) is 0 Å². The van der Waals surface area contributed by atoms with E-state index in [2.05, 4.69) is 16.0 Å². The van der Waals surface area contributed by atoms with Crippen LogP contribution >= 0.6 is 0 Å². The molecule has 2 heterocycles. The van der Waals surface area contributed by atoms with Crippen molar-refractivity contribution in [3.05, 3.63) is 11.8 Å². The zero-order valence-electron chi connectivity index (χ0n) is 23.6. The Bertz CT molecular complexity index is 869. The van der Waals surface area contributed by atoms with Gasteiger partial charge in [-0.15, -0.1) is 0 Å². The fraction of sp³-hybridized carbons (Fsp3) is 0.880. The van der Waals surface area contributed by atoms with Gasteiger partial charge in [-0.3, -0.25) is 4.79 Å². The molecule has 3 rings (SSSR count). The first-order chi connectivity index (χ1) is 19.4. The first-order valence-corrected chi connectivity index (χ1v) is 14.0. The summed E-state index contributed by atoms with van der Waals surface area (Å²) in [4.78, 5) is 12.7. The summed E-state index contributed by atoms with van der Waals surface area (Å²) in [5.41, 5.74) is 16.7. The molecule has 0 aromatic heterocycles. The zero-order valence-corrected chi connectivity index (χ0v) is 23.6. The minimum atomic E-state index is -1.46. The molecule has 16 nitrogen and oxygen atoms in total. The fourth-order valence-corrected chi connectivity index (χ4v) is 5.38. The third-order valence-corrected chi connectivity index (χ3v) is 7.63. The molecule has 41 heavy (non-hydrogen) atoms. The van der Waals surface area contributed by atoms with Crippen LogP contribution in [0, 0.1) is 0 Å². The van der Waals surface area contributed by atoms with Gasteiger partial charge in [0.25, 0.3) is 0 Å². The van der Waals surface area contributed by atoms with Gasteiger partial charge in [0.05, 0.1) is 37.9 Å². The second-order valence-electron chi connectivity index (χ2n) is 11.0. The number of aliphatic hydroxyl groups excluding tert-OH is 4. The van der Waals surface area contributed by atoms with Gasteiger partial charge in [0.2, 0.25) is 12.2 Å². The van der Waals surface area contributed by atoms with E-state index in [9.17, 15) is 25.2 Å². The molecule has 2 aliphatic heterocycles. The van der Waals surface area contributed by atoms with Crippen LogP contribution in [0.1, 0.15) is 26.2 Å². The first-order valence-electron chi connectivity index (χ1n) is 14.0. The Kier molecular flexibility index (Phi) is 12.7. The van der Waals surface area contributed by atoms with E-state index < -0.39 is 78.8 Å². The predicted molar refractivity (Wildman–Crippen MR) is 145 cm³/mol. The van der Waals surface area contributed by atoms with Crippen molar-refractivity contribution in [3.63, 3.8) is 0 Å². The highest BCUT2D eigenvalue weighted by Gasteiger charge is 2.51. The maximum Gasteiger partial charge on any atom is 0.249 e. The Morgan fingerprint density at radius 2 is 1.90 bits per heavy atom. The van der Waals surface area contributed by atoms with E-state index in [1.54, 1.807) is 7.05 Å². The van der Waals surface area contributed by atoms with Crippen LogP contribution in [0.5, 0.6) is 0 Å². The van der Waals surface area contributed by atoms with Crippen LogP contribution in [0.4, 0.5) is 0 Å². The van der Waals surface area contributed by atoms with Gasteiger partial charge >= 0.3 is 0 Å². The van der Waals surface area contributed by atoms with Crippen molar-refractivity contribution < 1.29 is 49.3 Å². The number of likely N-dealkylation sites (N-methyl/N-ethyl adjacent to an activating group) is 1. The van der Waals surface area contributed by atoms with Crippen molar-refractivity contribution in [3.8, 4) is 0 Å². The molecular weight excluding hydrogens is 544 g/mol. The predicted octanol–water partition coefficient (Wildman–Crippen LogP) is -5.36. The number of nitrogens with two attached hydrogens (primary N) is 3. The monoisotopic (exact) mass is 592 g/mol. The normalized spacial score (nSPS) is 40.4. The van der Waals surface area contributed by atoms with Crippen LogP contribution in [0.15, 0.2) is 11.8 Å². The zero-order chi connectivity index (χ0) is 30.3. The highest BCUT2D eigenvalue weighted by Crippen LogP contribution is 2.32. The number of hydrogen-bond acceptors (Lipinski definition) is 15. The molecule has 238 valence electrons. The number of rotatable bonds is 13. The summed E-state index contributed by atoms with van der Waals surface area (Å²) < 4.78 is 23.7. The number of amides is 1. The summed E-state index contributed by atoms with van der Waals surface area (Å²) in [7, 11) is 1.57. The third-order valence-electron chi connectivity index (χ3n) is 7.63. The minimum absolute atomic E-state index is 0.0216. The molecule has 5 unspecified atom stereocenters. The van der Waals surface area contributed by atoms with Gasteiger partial charge in [-0.05, 0) is 45.9 Å². The van der Waals surface area contributed by atoms with Crippen molar-refractivity contribution >= 4 is 5.91 Å². The second-order valence-corrected chi connectivity index (χ2v) is 11.0. The first kappa shape index (κ1) is 34.0. The van der Waals surface area contributed by atoms with E-state index in [4.69, 9.17) is 41.3 Å². The molecule has 0 bridgehead atoms. The lowest BCUT2D eigenvalue weighted by molar-refractivity contribution is -0.304. The molecule has 3 aliphatic rings. The maximum atomic E-state index is 12.7. The summed E-state index contributed by atoms with van der Waals surface area (Å²) in [5, 5.41) is 60.7. The Labute approximate surface area is 239 Å². The summed E-state index contributed by atoms with van der Waals surface area (Å²) in [6.45, 7) is 2.07. The van der Waals surface area contributed by atoms with Gasteiger partial charge in [-0.1, -0.05) is 0 Å². The SMILES string of the molecule is CNC1C(O)[C@@H](O[C@@H]2C(O)C(O[C@H]3OC(CNCCO)=CCC3N)[C@@H](N)C[C@H]2NC(=O)[C@@H](O)CCN)OC[C@]1(C)O. The van der Waals surface area contributed by atoms with Crippen LogP contribution in [-0.2, 0) is 23.7 Å². The van der Waals surface area contributed by atoms with Gasteiger partial charge in [-0.2, -0.15) is 0 Å². The Hall–Kier alpha value is -1.51. The van der Waals surface area contributed by atoms with Gasteiger partial charge in [-0.25, -0.2) is 0 Å². The third kappa shape index (κ3) is 8.54. The molecule has 1 aliphatic carbocycles. The summed E-state index contributed by atoms with van der Waals surface area (Å²) in [5.74, 6) is -0.170. The molecule has 0 aromatic carbocycles. The minimum Gasteiger partial charge on any atom is -0.467 e. The lowest BCUT2D eigenvalue weighted by Crippen LogP contribution is -2.69. The largest absolute Gasteiger partial charge is 0.467 e. The van der Waals surface area contributed by atoms with Crippen LogP contribution in [0.3, 0.4) is 0 Å². The van der Waals surface area contributed by atoms with Crippen molar-refractivity contribution in [2.24, 2.45) is 17.2 Å². The molecule has 1 amide bonds. The fourth-order valence-electron chi connectivity index (χ4n) is 5.38. The van der Waals surface area contributed by atoms with E-state index >= 15 is 0 Å². The summed E-state index contributed by atoms with van der Waals surface area (Å²) in [6, 6.07) is -3.12. The lowest BCUT2D eigenvalue weighted by atomic mass is 9.83. The second kappa shape index (κ2) is 15.3. The standard InChI is InChI=1S/C25H48N6O10/c1-25(37)11-38-24(18(35)21(25)29-2)41-20-15(31-22(36)16(33)5-6-26)9-14(28)19(17(20)34)40-23-13(27)4-3-12(39-23)10-30-7-8-32/h3,13-21,23-24,29-30,32-35,37H,4-11,26-28H2,1-2H3,(H,31,36)/t13?,14-,15+,16-,17?,18?,19?,20-,21?,23+,24+,25-/m0/s1. The maximum absolute atomic E-state index is 12.7. The molecule has 0 spiro atoms. The van der Waals surface area contributed by atoms with Crippen LogP contribution in [0.25, 0.3) is 0 Å². The Morgan fingerprint density at radius 1 is 1.20 bits per heavy atom. The number of aliphatic hydroxyl groups is 5. The molecule has 14 N–H and O–H groups in total. The quantitative estimate of drug-likeness (QED) is 0.0891. The number of carbonyl (C=O) groups excluding carboxylic acids is 1. The highest BCUT2D eigenvalue weighted by molar-refractivity contribution is 5.80. The van der Waals surface area contributed by atoms with Gasteiger partial charge in [0.1, 0.15) is 41.9 Å². The number of ether oxygens (including phenoxy) is 4. The smallest absolute Gasteiger partial charge is 0.249 e. The van der Waals surface area contributed by atoms with Crippen LogP contribution in [0.2, 0.25) is 0 Å².